The summed E-state index contributed by atoms with van der Waals surface area (Å²) < 4.78 is 36.4. The molecule has 34 heavy (non-hydrogen) atoms. The Morgan fingerprint density at radius 1 is 1.09 bits per heavy atom. The van der Waals surface area contributed by atoms with Gasteiger partial charge in [-0.05, 0) is 79.8 Å². The summed E-state index contributed by atoms with van der Waals surface area (Å²) in [4.78, 5) is 17.5. The van der Waals surface area contributed by atoms with E-state index in [4.69, 9.17) is 10.00 Å². The van der Waals surface area contributed by atoms with E-state index in [1.54, 1.807) is 18.2 Å². The van der Waals surface area contributed by atoms with Crippen molar-refractivity contribution in [1.29, 1.82) is 5.26 Å². The maximum absolute atomic E-state index is 15.2. The molecule has 0 aliphatic heterocycles. The molecule has 2 aliphatic rings. The molecule has 0 bridgehead atoms. The van der Waals surface area contributed by atoms with E-state index in [0.717, 1.165) is 48.3 Å². The molecule has 0 amide bonds. The van der Waals surface area contributed by atoms with Crippen molar-refractivity contribution in [2.24, 2.45) is 5.92 Å². The fraction of sp³-hybridized carbons (Fsp3) is 0.296. The smallest absolute Gasteiger partial charge is 0.298 e. The molecule has 0 unspecified atom stereocenters. The van der Waals surface area contributed by atoms with Gasteiger partial charge in [0.15, 0.2) is 5.82 Å². The lowest BCUT2D eigenvalue weighted by Gasteiger charge is -2.19. The molecule has 1 atom stereocenters. The zero-order chi connectivity index (χ0) is 23.7. The molecule has 0 saturated heterocycles. The van der Waals surface area contributed by atoms with Gasteiger partial charge in [0.1, 0.15) is 11.9 Å². The number of benzene rings is 2. The highest BCUT2D eigenvalue weighted by Gasteiger charge is 2.25. The second-order valence-electron chi connectivity index (χ2n) is 8.83. The summed E-state index contributed by atoms with van der Waals surface area (Å²) in [5.41, 5.74) is 0.774. The van der Waals surface area contributed by atoms with Crippen molar-refractivity contribution in [3.05, 3.63) is 87.7 Å². The third-order valence-electron chi connectivity index (χ3n) is 6.38. The summed E-state index contributed by atoms with van der Waals surface area (Å²) in [6, 6.07) is 13.0. The second-order valence-corrected chi connectivity index (χ2v) is 8.83. The van der Waals surface area contributed by atoms with Crippen LogP contribution in [0.25, 0.3) is 17.1 Å². The highest BCUT2D eigenvalue weighted by molar-refractivity contribution is 5.61. The highest BCUT2D eigenvalue weighted by atomic mass is 19.1. The molecular formula is C27H23F2N3O2. The van der Waals surface area contributed by atoms with Crippen LogP contribution in [-0.2, 0) is 0 Å². The van der Waals surface area contributed by atoms with Gasteiger partial charge in [0, 0.05) is 5.56 Å². The van der Waals surface area contributed by atoms with E-state index < -0.39 is 23.1 Å². The van der Waals surface area contributed by atoms with E-state index in [1.807, 2.05) is 12.1 Å². The number of allylic oxidation sites excluding steroid dienone is 2. The summed E-state index contributed by atoms with van der Waals surface area (Å²) in [6.07, 6.45) is 9.09. The Kier molecular flexibility index (Phi) is 5.97. The molecule has 2 aliphatic carbocycles. The Balaban J connectivity index is 1.59. The first-order valence-electron chi connectivity index (χ1n) is 11.5. The van der Waals surface area contributed by atoms with Crippen molar-refractivity contribution in [3.8, 4) is 29.0 Å². The lowest BCUT2D eigenvalue weighted by atomic mass is 9.95. The van der Waals surface area contributed by atoms with Crippen LogP contribution in [0.4, 0.5) is 8.78 Å². The van der Waals surface area contributed by atoms with Crippen LogP contribution < -0.4 is 10.3 Å². The van der Waals surface area contributed by atoms with Gasteiger partial charge in [0.2, 0.25) is 0 Å². The Labute approximate surface area is 196 Å². The second kappa shape index (κ2) is 9.22. The topological polar surface area (TPSA) is 67.9 Å². The van der Waals surface area contributed by atoms with Gasteiger partial charge in [-0.3, -0.25) is 9.36 Å². The zero-order valence-electron chi connectivity index (χ0n) is 18.5. The van der Waals surface area contributed by atoms with Crippen molar-refractivity contribution >= 4 is 0 Å². The summed E-state index contributed by atoms with van der Waals surface area (Å²) in [6.45, 7) is 0.231. The average Bonchev–Trinajstić information content (AvgIpc) is 3.71. The van der Waals surface area contributed by atoms with Crippen LogP contribution >= 0.6 is 0 Å². The van der Waals surface area contributed by atoms with Crippen LogP contribution in [0.2, 0.25) is 0 Å². The molecule has 1 saturated carbocycles. The monoisotopic (exact) mass is 459 g/mol. The average molecular weight is 459 g/mol. The van der Waals surface area contributed by atoms with Gasteiger partial charge >= 0.3 is 0 Å². The third-order valence-corrected chi connectivity index (χ3v) is 6.38. The number of halogens is 2. The quantitative estimate of drug-likeness (QED) is 0.446. The van der Waals surface area contributed by atoms with Crippen LogP contribution in [0, 0.1) is 28.9 Å². The van der Waals surface area contributed by atoms with Gasteiger partial charge in [0.25, 0.3) is 17.3 Å². The summed E-state index contributed by atoms with van der Waals surface area (Å²) in [5, 5.41) is 9.07. The first-order valence-corrected chi connectivity index (χ1v) is 11.5. The van der Waals surface area contributed by atoms with E-state index in [2.05, 4.69) is 17.1 Å². The maximum Gasteiger partial charge on any atom is 0.298 e. The van der Waals surface area contributed by atoms with Crippen LogP contribution in [-0.4, -0.2) is 16.2 Å². The molecule has 5 rings (SSSR count). The van der Waals surface area contributed by atoms with Crippen molar-refractivity contribution in [3.63, 3.8) is 0 Å². The minimum atomic E-state index is -1.09. The van der Waals surface area contributed by atoms with E-state index in [0.29, 0.717) is 11.6 Å². The molecule has 1 fully saturated rings. The molecule has 5 nitrogen and oxygen atoms in total. The number of hydrogen-bond donors (Lipinski definition) is 0. The molecule has 2 aromatic carbocycles. The van der Waals surface area contributed by atoms with Crippen molar-refractivity contribution in [2.75, 3.05) is 6.61 Å². The summed E-state index contributed by atoms with van der Waals surface area (Å²) >= 11 is 0. The standard InChI is InChI=1S/C27H23F2N3O2/c28-23-14-20(8-9-21(23)15-30)25-31-26(34-16-17-4-2-1-3-5-17)24(29)27(33)32(25)22-12-10-19(11-13-22)18-6-7-18/h1-2,8-14,17-18H,3-7,16H2/t17-/m1/s1. The summed E-state index contributed by atoms with van der Waals surface area (Å²) in [5.74, 6) is -1.45. The number of hydrogen-bond acceptors (Lipinski definition) is 4. The normalized spacial score (nSPS) is 17.4. The minimum absolute atomic E-state index is 0.0486. The van der Waals surface area contributed by atoms with Gasteiger partial charge < -0.3 is 4.74 Å². The highest BCUT2D eigenvalue weighted by Crippen LogP contribution is 2.40. The predicted molar refractivity (Wildman–Crippen MR) is 124 cm³/mol. The Bertz CT molecular complexity index is 1350. The fourth-order valence-corrected chi connectivity index (χ4v) is 4.27. The zero-order valence-corrected chi connectivity index (χ0v) is 18.5. The van der Waals surface area contributed by atoms with Crippen LogP contribution in [0.1, 0.15) is 49.1 Å². The lowest BCUT2D eigenvalue weighted by Crippen LogP contribution is -2.26. The molecular weight excluding hydrogens is 436 g/mol. The lowest BCUT2D eigenvalue weighted by molar-refractivity contribution is 0.220. The Morgan fingerprint density at radius 2 is 1.88 bits per heavy atom. The molecule has 1 aromatic heterocycles. The van der Waals surface area contributed by atoms with E-state index in [9.17, 15) is 9.18 Å². The fourth-order valence-electron chi connectivity index (χ4n) is 4.27. The van der Waals surface area contributed by atoms with Crippen molar-refractivity contribution in [1.82, 2.24) is 9.55 Å². The van der Waals surface area contributed by atoms with E-state index in [-0.39, 0.29) is 29.5 Å². The number of rotatable bonds is 6. The molecule has 172 valence electrons. The molecule has 3 aromatic rings. The predicted octanol–water partition coefficient (Wildman–Crippen LogP) is 5.66. The molecule has 0 spiro atoms. The molecule has 7 heteroatoms. The molecule has 1 heterocycles. The molecule has 0 radical (unpaired) electrons. The number of nitriles is 1. The third kappa shape index (κ3) is 4.36. The van der Waals surface area contributed by atoms with Crippen LogP contribution in [0.3, 0.4) is 0 Å². The number of nitrogens with zero attached hydrogens (tertiary/aromatic N) is 3. The largest absolute Gasteiger partial charge is 0.475 e. The SMILES string of the molecule is N#Cc1ccc(-c2nc(OC[C@@H]3CC=CCC3)c(F)c(=O)n2-c2ccc(C3CC3)cc2)cc1F. The number of aromatic nitrogens is 2. The first-order chi connectivity index (χ1) is 16.5. The van der Waals surface area contributed by atoms with Crippen LogP contribution in [0.15, 0.2) is 59.4 Å². The minimum Gasteiger partial charge on any atom is -0.475 e. The maximum atomic E-state index is 15.2. The van der Waals surface area contributed by atoms with Gasteiger partial charge in [-0.1, -0.05) is 24.3 Å². The van der Waals surface area contributed by atoms with Gasteiger partial charge in [0.05, 0.1) is 17.9 Å². The van der Waals surface area contributed by atoms with E-state index in [1.165, 1.54) is 12.1 Å². The van der Waals surface area contributed by atoms with Gasteiger partial charge in [-0.2, -0.15) is 14.6 Å². The molecule has 0 N–H and O–H groups in total. The van der Waals surface area contributed by atoms with Gasteiger partial charge in [-0.25, -0.2) is 4.39 Å². The summed E-state index contributed by atoms with van der Waals surface area (Å²) in [7, 11) is 0. The number of ether oxygens (including phenoxy) is 1. The first kappa shape index (κ1) is 22.0. The Hall–Kier alpha value is -3.79. The van der Waals surface area contributed by atoms with E-state index >= 15 is 4.39 Å². The van der Waals surface area contributed by atoms with Gasteiger partial charge in [-0.15, -0.1) is 0 Å². The van der Waals surface area contributed by atoms with Crippen molar-refractivity contribution in [2.45, 2.75) is 38.0 Å². The van der Waals surface area contributed by atoms with Crippen LogP contribution in [0.5, 0.6) is 5.88 Å². The van der Waals surface area contributed by atoms with Crippen molar-refractivity contribution < 1.29 is 13.5 Å². The Morgan fingerprint density at radius 3 is 2.53 bits per heavy atom.